The van der Waals surface area contributed by atoms with Crippen molar-refractivity contribution in [3.05, 3.63) is 22.8 Å². The zero-order valence-corrected chi connectivity index (χ0v) is 13.8. The van der Waals surface area contributed by atoms with Crippen LogP contribution in [0.2, 0.25) is 0 Å². The van der Waals surface area contributed by atoms with Gasteiger partial charge in [0.25, 0.3) is 0 Å². The van der Waals surface area contributed by atoms with Crippen LogP contribution in [0.4, 0.5) is 0 Å². The van der Waals surface area contributed by atoms with E-state index in [1.165, 1.54) is 12.8 Å². The summed E-state index contributed by atoms with van der Waals surface area (Å²) in [6.07, 6.45) is 2.53. The van der Waals surface area contributed by atoms with Gasteiger partial charge in [0.2, 0.25) is 10.0 Å². The van der Waals surface area contributed by atoms with Crippen LogP contribution >= 0.6 is 0 Å². The number of likely N-dealkylation sites (tertiary alicyclic amines) is 1. The number of nitrogens with zero attached hydrogens (tertiary/aromatic N) is 1. The van der Waals surface area contributed by atoms with E-state index in [0.717, 1.165) is 36.5 Å². The summed E-state index contributed by atoms with van der Waals surface area (Å²) in [6, 6.07) is 1.60. The lowest BCUT2D eigenvalue weighted by Gasteiger charge is -2.19. The highest BCUT2D eigenvalue weighted by Gasteiger charge is 2.18. The largest absolute Gasteiger partial charge is 0.492 e. The summed E-state index contributed by atoms with van der Waals surface area (Å²) >= 11 is 0. The highest BCUT2D eigenvalue weighted by molar-refractivity contribution is 7.89. The van der Waals surface area contributed by atoms with Crippen LogP contribution in [0.3, 0.4) is 0 Å². The Kier molecular flexibility index (Phi) is 4.91. The Bertz CT molecular complexity index is 620. The van der Waals surface area contributed by atoms with Gasteiger partial charge < -0.3 is 4.74 Å². The maximum absolute atomic E-state index is 11.6. The molecule has 0 spiro atoms. The molecule has 0 saturated carbocycles. The van der Waals surface area contributed by atoms with Crippen LogP contribution in [0.15, 0.2) is 11.0 Å². The molecule has 6 heteroatoms. The van der Waals surface area contributed by atoms with Crippen LogP contribution in [0.25, 0.3) is 0 Å². The first-order valence-electron chi connectivity index (χ1n) is 7.29. The lowest BCUT2D eigenvalue weighted by atomic mass is 10.1. The second-order valence-electron chi connectivity index (χ2n) is 5.71. The molecular weight excluding hydrogens is 288 g/mol. The van der Waals surface area contributed by atoms with Crippen molar-refractivity contribution in [3.63, 3.8) is 0 Å². The Hall–Kier alpha value is -1.11. The van der Waals surface area contributed by atoms with E-state index in [9.17, 15) is 8.42 Å². The molecule has 0 aromatic heterocycles. The number of rotatable bonds is 5. The summed E-state index contributed by atoms with van der Waals surface area (Å²) in [6.45, 7) is 9.32. The van der Waals surface area contributed by atoms with Gasteiger partial charge in [-0.15, -0.1) is 0 Å². The predicted octanol–water partition coefficient (Wildman–Crippen LogP) is 1.73. The number of primary sulfonamides is 1. The van der Waals surface area contributed by atoms with Crippen molar-refractivity contribution in [1.82, 2.24) is 4.90 Å². The first-order valence-corrected chi connectivity index (χ1v) is 8.84. The van der Waals surface area contributed by atoms with Crippen molar-refractivity contribution in [3.8, 4) is 5.75 Å². The van der Waals surface area contributed by atoms with Crippen LogP contribution in [-0.2, 0) is 10.0 Å². The van der Waals surface area contributed by atoms with E-state index in [1.54, 1.807) is 13.0 Å². The molecule has 0 aliphatic carbocycles. The van der Waals surface area contributed by atoms with Crippen LogP contribution in [0.1, 0.15) is 29.5 Å². The Morgan fingerprint density at radius 3 is 2.38 bits per heavy atom. The first-order chi connectivity index (χ1) is 9.80. The molecule has 2 rings (SSSR count). The van der Waals surface area contributed by atoms with Gasteiger partial charge in [0.15, 0.2) is 0 Å². The summed E-state index contributed by atoms with van der Waals surface area (Å²) in [5.74, 6) is 0.777. The Balaban J connectivity index is 2.14. The van der Waals surface area contributed by atoms with Crippen molar-refractivity contribution in [2.45, 2.75) is 38.5 Å². The molecule has 0 atom stereocenters. The fraction of sp³-hybridized carbons (Fsp3) is 0.600. The molecule has 1 heterocycles. The zero-order chi connectivity index (χ0) is 15.6. The standard InChI is InChI=1S/C15H24N2O3S/c1-11-10-14(21(16,18)19)12(2)13(3)15(11)20-9-8-17-6-4-5-7-17/h10H,4-9H2,1-3H3,(H2,16,18,19). The monoisotopic (exact) mass is 312 g/mol. The number of nitrogens with two attached hydrogens (primary N) is 1. The average Bonchev–Trinajstić information content (AvgIpc) is 2.89. The van der Waals surface area contributed by atoms with Crippen LogP contribution in [-0.4, -0.2) is 39.6 Å². The minimum atomic E-state index is -3.69. The van der Waals surface area contributed by atoms with E-state index in [4.69, 9.17) is 9.88 Å². The van der Waals surface area contributed by atoms with Crippen LogP contribution in [0.5, 0.6) is 5.75 Å². The van der Waals surface area contributed by atoms with Gasteiger partial charge in [0, 0.05) is 6.54 Å². The molecular formula is C15H24N2O3S. The predicted molar refractivity (Wildman–Crippen MR) is 83.2 cm³/mol. The van der Waals surface area contributed by atoms with Gasteiger partial charge in [-0.05, 0) is 69.5 Å². The van der Waals surface area contributed by atoms with Crippen molar-refractivity contribution in [1.29, 1.82) is 0 Å². The van der Waals surface area contributed by atoms with E-state index in [0.29, 0.717) is 12.2 Å². The third-order valence-corrected chi connectivity index (χ3v) is 5.17. The third kappa shape index (κ3) is 3.75. The van der Waals surface area contributed by atoms with Gasteiger partial charge in [-0.1, -0.05) is 0 Å². The van der Waals surface area contributed by atoms with Gasteiger partial charge in [0.05, 0.1) is 4.90 Å². The van der Waals surface area contributed by atoms with Crippen molar-refractivity contribution in [2.24, 2.45) is 5.14 Å². The fourth-order valence-electron chi connectivity index (χ4n) is 2.82. The molecule has 0 unspecified atom stereocenters. The van der Waals surface area contributed by atoms with Gasteiger partial charge in [-0.2, -0.15) is 0 Å². The van der Waals surface area contributed by atoms with Gasteiger partial charge in [-0.3, -0.25) is 4.90 Å². The minimum absolute atomic E-state index is 0.185. The fourth-order valence-corrected chi connectivity index (χ4v) is 3.74. The summed E-state index contributed by atoms with van der Waals surface area (Å²) < 4.78 is 29.1. The van der Waals surface area contributed by atoms with Crippen molar-refractivity contribution in [2.75, 3.05) is 26.2 Å². The van der Waals surface area contributed by atoms with E-state index in [-0.39, 0.29) is 4.90 Å². The molecule has 0 bridgehead atoms. The molecule has 5 nitrogen and oxygen atoms in total. The second kappa shape index (κ2) is 6.34. The molecule has 1 saturated heterocycles. The normalized spacial score (nSPS) is 16.4. The van der Waals surface area contributed by atoms with E-state index >= 15 is 0 Å². The van der Waals surface area contributed by atoms with Crippen LogP contribution in [0, 0.1) is 20.8 Å². The van der Waals surface area contributed by atoms with E-state index in [2.05, 4.69) is 4.90 Å². The molecule has 1 aromatic rings. The molecule has 0 radical (unpaired) electrons. The Morgan fingerprint density at radius 2 is 1.81 bits per heavy atom. The van der Waals surface area contributed by atoms with Gasteiger partial charge >= 0.3 is 0 Å². The molecule has 2 N–H and O–H groups in total. The lowest BCUT2D eigenvalue weighted by molar-refractivity contribution is 0.235. The molecule has 0 amide bonds. The highest BCUT2D eigenvalue weighted by Crippen LogP contribution is 2.30. The number of ether oxygens (including phenoxy) is 1. The van der Waals surface area contributed by atoms with Gasteiger partial charge in [0.1, 0.15) is 12.4 Å². The smallest absolute Gasteiger partial charge is 0.238 e. The molecule has 1 aliphatic rings. The van der Waals surface area contributed by atoms with E-state index < -0.39 is 10.0 Å². The molecule has 1 aromatic carbocycles. The first kappa shape index (κ1) is 16.3. The maximum Gasteiger partial charge on any atom is 0.238 e. The summed E-state index contributed by atoms with van der Waals surface area (Å²) in [5.41, 5.74) is 2.32. The Morgan fingerprint density at radius 1 is 1.19 bits per heavy atom. The van der Waals surface area contributed by atoms with Crippen molar-refractivity contribution < 1.29 is 13.2 Å². The number of benzene rings is 1. The number of aryl methyl sites for hydroxylation is 1. The summed E-state index contributed by atoms with van der Waals surface area (Å²) in [5, 5.41) is 5.25. The molecule has 1 fully saturated rings. The third-order valence-electron chi connectivity index (χ3n) is 4.14. The van der Waals surface area contributed by atoms with Crippen LogP contribution < -0.4 is 9.88 Å². The van der Waals surface area contributed by atoms with E-state index in [1.807, 2.05) is 13.8 Å². The average molecular weight is 312 g/mol. The topological polar surface area (TPSA) is 72.6 Å². The summed E-state index contributed by atoms with van der Waals surface area (Å²) in [4.78, 5) is 2.57. The lowest BCUT2D eigenvalue weighted by Crippen LogP contribution is -2.25. The zero-order valence-electron chi connectivity index (χ0n) is 13.0. The SMILES string of the molecule is Cc1cc(S(N)(=O)=O)c(C)c(C)c1OCCN1CCCC1. The minimum Gasteiger partial charge on any atom is -0.492 e. The number of hydrogen-bond donors (Lipinski definition) is 1. The maximum atomic E-state index is 11.6. The quantitative estimate of drug-likeness (QED) is 0.899. The second-order valence-corrected chi connectivity index (χ2v) is 7.24. The number of hydrogen-bond acceptors (Lipinski definition) is 4. The summed E-state index contributed by atoms with van der Waals surface area (Å²) in [7, 11) is -3.69. The van der Waals surface area contributed by atoms with Gasteiger partial charge in [-0.25, -0.2) is 13.6 Å². The molecule has 118 valence electrons. The Labute approximate surface area is 127 Å². The number of sulfonamides is 1. The molecule has 1 aliphatic heterocycles. The highest BCUT2D eigenvalue weighted by atomic mass is 32.2. The van der Waals surface area contributed by atoms with Crippen molar-refractivity contribution >= 4 is 10.0 Å². The molecule has 21 heavy (non-hydrogen) atoms.